The number of carbonyl (C=O) groups is 2. The molecule has 2 aromatic rings. The highest BCUT2D eigenvalue weighted by molar-refractivity contribution is 9.10. The minimum Gasteiger partial charge on any atom is -0.347 e. The van der Waals surface area contributed by atoms with E-state index in [1.165, 1.54) is 6.21 Å². The lowest BCUT2D eigenvalue weighted by atomic mass is 10.1. The van der Waals surface area contributed by atoms with Crippen LogP contribution < -0.4 is 10.7 Å². The Morgan fingerprint density at radius 3 is 2.43 bits per heavy atom. The van der Waals surface area contributed by atoms with Crippen molar-refractivity contribution >= 4 is 34.0 Å². The van der Waals surface area contributed by atoms with Crippen LogP contribution in [0.1, 0.15) is 11.1 Å². The molecule has 0 aliphatic rings. The molecule has 0 atom stereocenters. The van der Waals surface area contributed by atoms with Gasteiger partial charge in [-0.25, -0.2) is 5.43 Å². The summed E-state index contributed by atoms with van der Waals surface area (Å²) >= 11 is 3.37. The van der Waals surface area contributed by atoms with Crippen LogP contribution in [0.15, 0.2) is 64.2 Å². The van der Waals surface area contributed by atoms with Crippen molar-refractivity contribution in [1.82, 2.24) is 10.7 Å². The summed E-state index contributed by atoms with van der Waals surface area (Å²) < 4.78 is 0.852. The lowest BCUT2D eigenvalue weighted by Crippen LogP contribution is -2.38. The Kier molecular flexibility index (Phi) is 6.50. The van der Waals surface area contributed by atoms with Crippen LogP contribution in [0.4, 0.5) is 0 Å². The molecule has 2 N–H and O–H groups in total. The first-order valence-corrected chi connectivity index (χ1v) is 7.86. The molecule has 0 aliphatic carbocycles. The summed E-state index contributed by atoms with van der Waals surface area (Å²) in [6, 6.07) is 17.1. The van der Waals surface area contributed by atoms with Gasteiger partial charge in [0, 0.05) is 16.6 Å². The predicted molar refractivity (Wildman–Crippen MR) is 93.0 cm³/mol. The van der Waals surface area contributed by atoms with Crippen molar-refractivity contribution in [2.24, 2.45) is 5.10 Å². The van der Waals surface area contributed by atoms with Crippen LogP contribution in [-0.2, 0) is 16.0 Å². The SMILES string of the molecule is O=C(NCCc1ccccc1)C(=O)N/N=C\c1ccccc1Br. The third-order valence-corrected chi connectivity index (χ3v) is 3.75. The van der Waals surface area contributed by atoms with Crippen LogP contribution in [0.2, 0.25) is 0 Å². The molecule has 0 aliphatic heterocycles. The first-order valence-electron chi connectivity index (χ1n) is 7.06. The number of hydrogen-bond donors (Lipinski definition) is 2. The fraction of sp³-hybridized carbons (Fsp3) is 0.118. The van der Waals surface area contributed by atoms with E-state index >= 15 is 0 Å². The number of hydrazone groups is 1. The molecule has 0 saturated carbocycles. The highest BCUT2D eigenvalue weighted by Gasteiger charge is 2.11. The van der Waals surface area contributed by atoms with Crippen LogP contribution in [0, 0.1) is 0 Å². The second-order valence-corrected chi connectivity index (χ2v) is 5.57. The Labute approximate surface area is 142 Å². The Morgan fingerprint density at radius 2 is 1.70 bits per heavy atom. The van der Waals surface area contributed by atoms with E-state index in [9.17, 15) is 9.59 Å². The average molecular weight is 374 g/mol. The molecule has 2 amide bonds. The van der Waals surface area contributed by atoms with Crippen molar-refractivity contribution in [2.45, 2.75) is 6.42 Å². The van der Waals surface area contributed by atoms with E-state index in [2.05, 4.69) is 31.8 Å². The summed E-state index contributed by atoms with van der Waals surface area (Å²) in [6.07, 6.45) is 2.14. The third kappa shape index (κ3) is 5.67. The van der Waals surface area contributed by atoms with Gasteiger partial charge in [0.05, 0.1) is 6.21 Å². The van der Waals surface area contributed by atoms with Crippen LogP contribution in [0.5, 0.6) is 0 Å². The molecule has 0 heterocycles. The van der Waals surface area contributed by atoms with Crippen LogP contribution in [-0.4, -0.2) is 24.6 Å². The second kappa shape index (κ2) is 8.85. The fourth-order valence-corrected chi connectivity index (χ4v) is 2.22. The van der Waals surface area contributed by atoms with Crippen molar-refractivity contribution < 1.29 is 9.59 Å². The zero-order chi connectivity index (χ0) is 16.5. The van der Waals surface area contributed by atoms with Gasteiger partial charge >= 0.3 is 11.8 Å². The minimum atomic E-state index is -0.790. The van der Waals surface area contributed by atoms with Crippen molar-refractivity contribution in [3.05, 3.63) is 70.2 Å². The van der Waals surface area contributed by atoms with E-state index in [0.717, 1.165) is 15.6 Å². The van der Waals surface area contributed by atoms with Gasteiger partial charge in [0.15, 0.2) is 0 Å². The molecule has 2 rings (SSSR count). The number of amides is 2. The molecule has 0 aromatic heterocycles. The molecule has 2 aromatic carbocycles. The highest BCUT2D eigenvalue weighted by atomic mass is 79.9. The first-order chi connectivity index (χ1) is 11.2. The number of benzene rings is 2. The topological polar surface area (TPSA) is 70.6 Å². The van der Waals surface area contributed by atoms with Crippen molar-refractivity contribution in [3.63, 3.8) is 0 Å². The van der Waals surface area contributed by atoms with Gasteiger partial charge in [0.1, 0.15) is 0 Å². The number of nitrogens with zero attached hydrogens (tertiary/aromatic N) is 1. The normalized spacial score (nSPS) is 10.5. The molecule has 0 saturated heterocycles. The van der Waals surface area contributed by atoms with Crippen molar-refractivity contribution in [3.8, 4) is 0 Å². The number of rotatable bonds is 5. The lowest BCUT2D eigenvalue weighted by Gasteiger charge is -2.04. The molecule has 6 heteroatoms. The molecule has 0 fully saturated rings. The molecule has 118 valence electrons. The molecule has 0 unspecified atom stereocenters. The standard InChI is InChI=1S/C17H16BrN3O2/c18-15-9-5-4-8-14(15)12-20-21-17(23)16(22)19-11-10-13-6-2-1-3-7-13/h1-9,12H,10-11H2,(H,19,22)(H,21,23)/b20-12-. The van der Waals surface area contributed by atoms with Crippen LogP contribution in [0.3, 0.4) is 0 Å². The molecule has 23 heavy (non-hydrogen) atoms. The zero-order valence-electron chi connectivity index (χ0n) is 12.3. The lowest BCUT2D eigenvalue weighted by molar-refractivity contribution is -0.139. The molecular formula is C17H16BrN3O2. The Hall–Kier alpha value is -2.47. The predicted octanol–water partition coefficient (Wildman–Crippen LogP) is 2.26. The number of halogens is 1. The summed E-state index contributed by atoms with van der Waals surface area (Å²) in [4.78, 5) is 23.2. The summed E-state index contributed by atoms with van der Waals surface area (Å²) in [5.74, 6) is -1.49. The molecular weight excluding hydrogens is 358 g/mol. The van der Waals surface area contributed by atoms with Gasteiger partial charge in [-0.3, -0.25) is 9.59 Å². The van der Waals surface area contributed by atoms with Crippen LogP contribution in [0.25, 0.3) is 0 Å². The van der Waals surface area contributed by atoms with Gasteiger partial charge in [0.25, 0.3) is 0 Å². The highest BCUT2D eigenvalue weighted by Crippen LogP contribution is 2.13. The summed E-state index contributed by atoms with van der Waals surface area (Å²) in [5.41, 5.74) is 4.10. The van der Waals surface area contributed by atoms with Crippen molar-refractivity contribution in [1.29, 1.82) is 0 Å². The average Bonchev–Trinajstić information content (AvgIpc) is 2.57. The zero-order valence-corrected chi connectivity index (χ0v) is 13.9. The Morgan fingerprint density at radius 1 is 1.00 bits per heavy atom. The summed E-state index contributed by atoms with van der Waals surface area (Å²) in [6.45, 7) is 0.393. The van der Waals surface area contributed by atoms with E-state index in [1.54, 1.807) is 0 Å². The summed E-state index contributed by atoms with van der Waals surface area (Å²) in [7, 11) is 0. The quantitative estimate of drug-likeness (QED) is 0.479. The second-order valence-electron chi connectivity index (χ2n) is 4.71. The molecule has 0 radical (unpaired) electrons. The third-order valence-electron chi connectivity index (χ3n) is 3.02. The van der Waals surface area contributed by atoms with Gasteiger partial charge in [-0.2, -0.15) is 5.10 Å². The molecule has 0 spiro atoms. The largest absolute Gasteiger partial charge is 0.347 e. The fourth-order valence-electron chi connectivity index (χ4n) is 1.84. The van der Waals surface area contributed by atoms with Gasteiger partial charge in [-0.15, -0.1) is 0 Å². The van der Waals surface area contributed by atoms with E-state index < -0.39 is 11.8 Å². The van der Waals surface area contributed by atoms with Crippen LogP contribution >= 0.6 is 15.9 Å². The number of carbonyl (C=O) groups excluding carboxylic acids is 2. The van der Waals surface area contributed by atoms with E-state index in [-0.39, 0.29) is 0 Å². The van der Waals surface area contributed by atoms with Gasteiger partial charge in [0.2, 0.25) is 0 Å². The van der Waals surface area contributed by atoms with Gasteiger partial charge in [-0.05, 0) is 18.1 Å². The monoisotopic (exact) mass is 373 g/mol. The van der Waals surface area contributed by atoms with Crippen molar-refractivity contribution in [2.75, 3.05) is 6.54 Å². The van der Waals surface area contributed by atoms with E-state index in [1.807, 2.05) is 54.6 Å². The maximum Gasteiger partial charge on any atom is 0.329 e. The van der Waals surface area contributed by atoms with E-state index in [0.29, 0.717) is 13.0 Å². The molecule has 0 bridgehead atoms. The minimum absolute atomic E-state index is 0.393. The van der Waals surface area contributed by atoms with Gasteiger partial charge < -0.3 is 5.32 Å². The van der Waals surface area contributed by atoms with Gasteiger partial charge in [-0.1, -0.05) is 64.5 Å². The maximum atomic E-state index is 11.6. The Bertz CT molecular complexity index is 702. The smallest absolute Gasteiger partial charge is 0.329 e. The van der Waals surface area contributed by atoms with E-state index in [4.69, 9.17) is 0 Å². The number of nitrogens with one attached hydrogen (secondary N) is 2. The number of hydrogen-bond acceptors (Lipinski definition) is 3. The first kappa shape index (κ1) is 16.9. The molecule has 5 nitrogen and oxygen atoms in total. The summed E-state index contributed by atoms with van der Waals surface area (Å²) in [5, 5.41) is 6.33. The Balaban J connectivity index is 1.75. The maximum absolute atomic E-state index is 11.6.